The van der Waals surface area contributed by atoms with E-state index in [0.29, 0.717) is 0 Å². The van der Waals surface area contributed by atoms with Crippen molar-refractivity contribution in [1.82, 2.24) is 9.38 Å². The van der Waals surface area contributed by atoms with Crippen LogP contribution in [0, 0.1) is 0 Å². The zero-order chi connectivity index (χ0) is 11.8. The first-order valence-corrected chi connectivity index (χ1v) is 5.30. The van der Waals surface area contributed by atoms with E-state index >= 15 is 0 Å². The number of benzene rings is 1. The van der Waals surface area contributed by atoms with Crippen LogP contribution in [0.4, 0.5) is 5.69 Å². The molecule has 0 saturated heterocycles. The minimum atomic E-state index is -0.161. The molecular formula is C13H11N3O. The number of nitrogen functional groups attached to an aromatic ring is 1. The Kier molecular flexibility index (Phi) is 2.01. The normalized spacial score (nSPS) is 10.8. The highest BCUT2D eigenvalue weighted by Crippen LogP contribution is 2.20. The predicted octanol–water partition coefficient (Wildman–Crippen LogP) is 1.88. The van der Waals surface area contributed by atoms with Gasteiger partial charge in [0.2, 0.25) is 5.43 Å². The standard InChI is InChI=1S/C13H11N3O/c14-10-8-16-11(9-4-2-1-3-5-9)7-15-13(16)6-12(10)17/h1-8,15H,14H2. The lowest BCUT2D eigenvalue weighted by molar-refractivity contribution is 1.18. The third kappa shape index (κ3) is 1.50. The number of nitrogens with one attached hydrogen (secondary N) is 1. The van der Waals surface area contributed by atoms with E-state index in [-0.39, 0.29) is 11.1 Å². The number of H-pyrrole nitrogens is 1. The molecule has 0 unspecified atom stereocenters. The number of aromatic nitrogens is 2. The number of pyridine rings is 1. The molecular weight excluding hydrogens is 214 g/mol. The molecule has 0 atom stereocenters. The molecule has 0 spiro atoms. The lowest BCUT2D eigenvalue weighted by Gasteiger charge is -2.02. The smallest absolute Gasteiger partial charge is 0.206 e. The Morgan fingerprint density at radius 3 is 2.71 bits per heavy atom. The Morgan fingerprint density at radius 2 is 1.94 bits per heavy atom. The maximum atomic E-state index is 11.4. The molecule has 84 valence electrons. The van der Waals surface area contributed by atoms with Crippen molar-refractivity contribution >= 4 is 11.3 Å². The predicted molar refractivity (Wildman–Crippen MR) is 67.9 cm³/mol. The van der Waals surface area contributed by atoms with Gasteiger partial charge in [0.15, 0.2) is 0 Å². The molecule has 0 fully saturated rings. The van der Waals surface area contributed by atoms with Crippen molar-refractivity contribution in [2.75, 3.05) is 5.73 Å². The summed E-state index contributed by atoms with van der Waals surface area (Å²) in [4.78, 5) is 14.5. The van der Waals surface area contributed by atoms with Gasteiger partial charge in [-0.3, -0.25) is 9.20 Å². The van der Waals surface area contributed by atoms with E-state index < -0.39 is 0 Å². The summed E-state index contributed by atoms with van der Waals surface area (Å²) in [7, 11) is 0. The Hall–Kier alpha value is -2.49. The maximum Gasteiger partial charge on any atom is 0.206 e. The molecule has 0 radical (unpaired) electrons. The number of aromatic amines is 1. The molecule has 0 aliphatic heterocycles. The summed E-state index contributed by atoms with van der Waals surface area (Å²) in [6.07, 6.45) is 3.51. The SMILES string of the molecule is Nc1cn2c(-c3ccccc3)c[nH]c2cc1=O. The van der Waals surface area contributed by atoms with Gasteiger partial charge in [-0.05, 0) is 0 Å². The van der Waals surface area contributed by atoms with Crippen LogP contribution < -0.4 is 11.2 Å². The summed E-state index contributed by atoms with van der Waals surface area (Å²) in [5, 5.41) is 0. The molecule has 0 bridgehead atoms. The first-order chi connectivity index (χ1) is 8.25. The zero-order valence-corrected chi connectivity index (χ0v) is 9.05. The Labute approximate surface area is 97.3 Å². The summed E-state index contributed by atoms with van der Waals surface area (Å²) < 4.78 is 1.88. The fourth-order valence-electron chi connectivity index (χ4n) is 1.90. The van der Waals surface area contributed by atoms with Gasteiger partial charge in [-0.2, -0.15) is 0 Å². The zero-order valence-electron chi connectivity index (χ0n) is 9.05. The number of imidazole rings is 1. The quantitative estimate of drug-likeness (QED) is 0.664. The van der Waals surface area contributed by atoms with Gasteiger partial charge in [0, 0.05) is 24.0 Å². The third-order valence-electron chi connectivity index (χ3n) is 2.77. The molecule has 0 saturated carbocycles. The fourth-order valence-corrected chi connectivity index (χ4v) is 1.90. The molecule has 3 aromatic rings. The molecule has 3 N–H and O–H groups in total. The van der Waals surface area contributed by atoms with Gasteiger partial charge >= 0.3 is 0 Å². The summed E-state index contributed by atoms with van der Waals surface area (Å²) >= 11 is 0. The number of nitrogens with zero attached hydrogens (tertiary/aromatic N) is 1. The number of hydrogen-bond acceptors (Lipinski definition) is 2. The van der Waals surface area contributed by atoms with E-state index in [4.69, 9.17) is 5.73 Å². The van der Waals surface area contributed by atoms with Crippen LogP contribution in [0.3, 0.4) is 0 Å². The maximum absolute atomic E-state index is 11.4. The highest BCUT2D eigenvalue weighted by atomic mass is 16.1. The molecule has 3 rings (SSSR count). The van der Waals surface area contributed by atoms with Crippen LogP contribution >= 0.6 is 0 Å². The van der Waals surface area contributed by atoms with Crippen LogP contribution in [0.2, 0.25) is 0 Å². The molecule has 2 heterocycles. The third-order valence-corrected chi connectivity index (χ3v) is 2.77. The fraction of sp³-hybridized carbons (Fsp3) is 0. The second-order valence-corrected chi connectivity index (χ2v) is 3.89. The first-order valence-electron chi connectivity index (χ1n) is 5.30. The number of hydrogen-bond donors (Lipinski definition) is 2. The van der Waals surface area contributed by atoms with Crippen LogP contribution in [-0.4, -0.2) is 9.38 Å². The molecule has 0 aliphatic carbocycles. The highest BCUT2D eigenvalue weighted by Gasteiger charge is 2.06. The average molecular weight is 225 g/mol. The topological polar surface area (TPSA) is 63.3 Å². The van der Waals surface area contributed by atoms with Crippen LogP contribution in [-0.2, 0) is 0 Å². The van der Waals surface area contributed by atoms with Crippen molar-refractivity contribution in [2.24, 2.45) is 0 Å². The van der Waals surface area contributed by atoms with Crippen LogP contribution in [0.25, 0.3) is 16.9 Å². The van der Waals surface area contributed by atoms with Gasteiger partial charge in [0.1, 0.15) is 5.65 Å². The first kappa shape index (κ1) is 9.72. The van der Waals surface area contributed by atoms with Crippen molar-refractivity contribution in [2.45, 2.75) is 0 Å². The van der Waals surface area contributed by atoms with E-state index in [0.717, 1.165) is 16.9 Å². The van der Waals surface area contributed by atoms with Gasteiger partial charge in [-0.25, -0.2) is 0 Å². The van der Waals surface area contributed by atoms with Crippen LogP contribution in [0.15, 0.2) is 53.6 Å². The summed E-state index contributed by atoms with van der Waals surface area (Å²) in [5.41, 5.74) is 8.52. The Bertz CT molecular complexity index is 725. The molecule has 4 heteroatoms. The lowest BCUT2D eigenvalue weighted by atomic mass is 10.2. The number of anilines is 1. The highest BCUT2D eigenvalue weighted by molar-refractivity contribution is 5.64. The van der Waals surface area contributed by atoms with Gasteiger partial charge in [-0.15, -0.1) is 0 Å². The summed E-state index contributed by atoms with van der Waals surface area (Å²) in [6.45, 7) is 0. The van der Waals surface area contributed by atoms with Gasteiger partial charge in [0.05, 0.1) is 11.4 Å². The Balaban J connectivity index is 2.32. The van der Waals surface area contributed by atoms with Crippen LogP contribution in [0.1, 0.15) is 0 Å². The van der Waals surface area contributed by atoms with E-state index in [2.05, 4.69) is 4.98 Å². The second-order valence-electron chi connectivity index (χ2n) is 3.89. The summed E-state index contributed by atoms with van der Waals surface area (Å²) in [5.74, 6) is 0. The number of fused-ring (bicyclic) bond motifs is 1. The monoisotopic (exact) mass is 225 g/mol. The lowest BCUT2D eigenvalue weighted by Crippen LogP contribution is -2.08. The molecule has 0 aliphatic rings. The van der Waals surface area contributed by atoms with Gasteiger partial charge < -0.3 is 10.7 Å². The van der Waals surface area contributed by atoms with Crippen molar-refractivity contribution in [3.63, 3.8) is 0 Å². The second kappa shape index (κ2) is 3.52. The van der Waals surface area contributed by atoms with Crippen molar-refractivity contribution in [3.05, 3.63) is 59.0 Å². The van der Waals surface area contributed by atoms with E-state index in [1.54, 1.807) is 6.20 Å². The molecule has 2 aromatic heterocycles. The van der Waals surface area contributed by atoms with E-state index in [1.165, 1.54) is 6.07 Å². The average Bonchev–Trinajstić information content (AvgIpc) is 2.74. The largest absolute Gasteiger partial charge is 0.394 e. The van der Waals surface area contributed by atoms with E-state index in [9.17, 15) is 4.79 Å². The van der Waals surface area contributed by atoms with Gasteiger partial charge in [-0.1, -0.05) is 30.3 Å². The van der Waals surface area contributed by atoms with Gasteiger partial charge in [0.25, 0.3) is 0 Å². The molecule has 1 aromatic carbocycles. The van der Waals surface area contributed by atoms with Crippen molar-refractivity contribution < 1.29 is 0 Å². The summed E-state index contributed by atoms with van der Waals surface area (Å²) in [6, 6.07) is 11.4. The number of rotatable bonds is 1. The molecule has 0 amide bonds. The minimum Gasteiger partial charge on any atom is -0.394 e. The number of nitrogens with two attached hydrogens (primary N) is 1. The van der Waals surface area contributed by atoms with Crippen molar-refractivity contribution in [3.8, 4) is 11.3 Å². The minimum absolute atomic E-state index is 0.161. The Morgan fingerprint density at radius 1 is 1.18 bits per heavy atom. The molecule has 17 heavy (non-hydrogen) atoms. The van der Waals surface area contributed by atoms with Crippen molar-refractivity contribution in [1.29, 1.82) is 0 Å². The van der Waals surface area contributed by atoms with Crippen LogP contribution in [0.5, 0.6) is 0 Å². The van der Waals surface area contributed by atoms with E-state index in [1.807, 2.05) is 40.9 Å². The molecule has 4 nitrogen and oxygen atoms in total.